The Hall–Kier alpha value is -1.87. The zero-order valence-corrected chi connectivity index (χ0v) is 13.9. The number of imide groups is 1. The first-order chi connectivity index (χ1) is 10.4. The number of amides is 3. The van der Waals surface area contributed by atoms with Crippen LogP contribution in [0.2, 0.25) is 0 Å². The molecule has 1 fully saturated rings. The van der Waals surface area contributed by atoms with Gasteiger partial charge in [0.2, 0.25) is 0 Å². The van der Waals surface area contributed by atoms with Crippen LogP contribution >= 0.6 is 23.1 Å². The van der Waals surface area contributed by atoms with Crippen LogP contribution in [0.4, 0.5) is 4.79 Å². The Morgan fingerprint density at radius 3 is 2.77 bits per heavy atom. The number of hydrogen-bond donors (Lipinski definition) is 1. The molecule has 2 aromatic rings. The number of urea groups is 1. The highest BCUT2D eigenvalue weighted by atomic mass is 32.2. The highest BCUT2D eigenvalue weighted by Crippen LogP contribution is 2.31. The normalized spacial score (nSPS) is 21.5. The lowest BCUT2D eigenvalue weighted by Gasteiger charge is -2.18. The molecule has 3 rings (SSSR count). The molecule has 9 heteroatoms. The maximum absolute atomic E-state index is 12.7. The summed E-state index contributed by atoms with van der Waals surface area (Å²) in [5.41, 5.74) is -1.18. The first kappa shape index (κ1) is 15.0. The molecule has 7 nitrogen and oxygen atoms in total. The number of carbonyl (C=O) groups is 2. The zero-order valence-electron chi connectivity index (χ0n) is 12.2. The van der Waals surface area contributed by atoms with E-state index in [1.54, 1.807) is 26.0 Å². The predicted molar refractivity (Wildman–Crippen MR) is 81.6 cm³/mol. The molecule has 2 aromatic heterocycles. The summed E-state index contributed by atoms with van der Waals surface area (Å²) in [5.74, 6) is 0.756. The minimum atomic E-state index is -1.18. The summed E-state index contributed by atoms with van der Waals surface area (Å²) >= 11 is 2.84. The second-order valence-electron chi connectivity index (χ2n) is 5.02. The maximum atomic E-state index is 12.7. The Kier molecular flexibility index (Phi) is 3.69. The van der Waals surface area contributed by atoms with Crippen molar-refractivity contribution in [2.45, 2.75) is 30.3 Å². The molecule has 0 radical (unpaired) electrons. The molecule has 1 aliphatic heterocycles. The molecule has 1 saturated heterocycles. The van der Waals surface area contributed by atoms with Crippen LogP contribution in [0.3, 0.4) is 0 Å². The third-order valence-electron chi connectivity index (χ3n) is 3.42. The molecule has 116 valence electrons. The first-order valence-corrected chi connectivity index (χ1v) is 8.55. The molecule has 0 aliphatic carbocycles. The third-order valence-corrected chi connectivity index (χ3v) is 5.31. The van der Waals surface area contributed by atoms with E-state index in [-0.39, 0.29) is 12.5 Å². The van der Waals surface area contributed by atoms with Gasteiger partial charge < -0.3 is 9.73 Å². The van der Waals surface area contributed by atoms with Gasteiger partial charge in [-0.3, -0.25) is 9.69 Å². The molecule has 1 atom stereocenters. The van der Waals surface area contributed by atoms with Gasteiger partial charge in [-0.2, -0.15) is 0 Å². The van der Waals surface area contributed by atoms with Crippen molar-refractivity contribution in [3.05, 3.63) is 28.7 Å². The molecule has 0 aromatic carbocycles. The Balaban J connectivity index is 1.85. The minimum absolute atomic E-state index is 0.109. The molecule has 22 heavy (non-hydrogen) atoms. The van der Waals surface area contributed by atoms with Crippen molar-refractivity contribution in [1.82, 2.24) is 20.4 Å². The van der Waals surface area contributed by atoms with Crippen molar-refractivity contribution in [3.8, 4) is 0 Å². The van der Waals surface area contributed by atoms with Gasteiger partial charge in [0, 0.05) is 0 Å². The van der Waals surface area contributed by atoms with Gasteiger partial charge in [0.25, 0.3) is 5.91 Å². The van der Waals surface area contributed by atoms with Gasteiger partial charge in [-0.15, -0.1) is 10.2 Å². The van der Waals surface area contributed by atoms with E-state index in [1.807, 2.05) is 6.26 Å². The van der Waals surface area contributed by atoms with Crippen LogP contribution in [0.1, 0.15) is 23.5 Å². The largest absolute Gasteiger partial charge is 0.463 e. The number of aromatic nitrogens is 2. The van der Waals surface area contributed by atoms with E-state index >= 15 is 0 Å². The van der Waals surface area contributed by atoms with E-state index in [9.17, 15) is 9.59 Å². The minimum Gasteiger partial charge on any atom is -0.463 e. The number of aryl methyl sites for hydroxylation is 1. The molecule has 3 amide bonds. The van der Waals surface area contributed by atoms with Crippen LogP contribution in [0.5, 0.6) is 0 Å². The molecule has 1 N–H and O–H groups in total. The zero-order chi connectivity index (χ0) is 15.9. The van der Waals surface area contributed by atoms with E-state index in [4.69, 9.17) is 4.42 Å². The van der Waals surface area contributed by atoms with Gasteiger partial charge in [0.05, 0.1) is 6.54 Å². The fourth-order valence-electron chi connectivity index (χ4n) is 2.23. The van der Waals surface area contributed by atoms with Gasteiger partial charge in [-0.25, -0.2) is 4.79 Å². The number of thioether (sulfide) groups is 1. The van der Waals surface area contributed by atoms with Crippen molar-refractivity contribution in [2.24, 2.45) is 0 Å². The summed E-state index contributed by atoms with van der Waals surface area (Å²) in [6, 6.07) is 3.01. The molecule has 0 saturated carbocycles. The number of carbonyl (C=O) groups excluding carboxylic acids is 2. The fourth-order valence-corrected chi connectivity index (χ4v) is 3.53. The van der Waals surface area contributed by atoms with Crippen LogP contribution in [-0.4, -0.2) is 33.3 Å². The van der Waals surface area contributed by atoms with E-state index < -0.39 is 11.6 Å². The average Bonchev–Trinajstić information content (AvgIpc) is 3.16. The van der Waals surface area contributed by atoms with Crippen molar-refractivity contribution in [2.75, 3.05) is 6.26 Å². The summed E-state index contributed by atoms with van der Waals surface area (Å²) in [5, 5.41) is 11.3. The number of nitrogens with one attached hydrogen (secondary N) is 1. The molecular formula is C13H14N4O3S2. The number of hydrogen-bond acceptors (Lipinski definition) is 7. The van der Waals surface area contributed by atoms with E-state index in [2.05, 4.69) is 15.5 Å². The van der Waals surface area contributed by atoms with Crippen LogP contribution in [0.25, 0.3) is 0 Å². The van der Waals surface area contributed by atoms with Gasteiger partial charge in [-0.05, 0) is 32.2 Å². The SMILES string of the molecule is CSc1nnc(CN2C(=O)N[C@@](C)(c3ccc(C)o3)C2=O)s1. The van der Waals surface area contributed by atoms with Crippen LogP contribution in [0, 0.1) is 6.92 Å². The van der Waals surface area contributed by atoms with Crippen molar-refractivity contribution in [1.29, 1.82) is 0 Å². The highest BCUT2D eigenvalue weighted by Gasteiger charge is 2.51. The third kappa shape index (κ3) is 2.40. The average molecular weight is 338 g/mol. The van der Waals surface area contributed by atoms with Crippen LogP contribution < -0.4 is 5.32 Å². The van der Waals surface area contributed by atoms with Crippen molar-refractivity contribution < 1.29 is 14.0 Å². The lowest BCUT2D eigenvalue weighted by atomic mass is 9.99. The Bertz CT molecular complexity index is 741. The summed E-state index contributed by atoms with van der Waals surface area (Å²) in [6.45, 7) is 3.54. The van der Waals surface area contributed by atoms with Crippen molar-refractivity contribution in [3.63, 3.8) is 0 Å². The lowest BCUT2D eigenvalue weighted by molar-refractivity contribution is -0.132. The van der Waals surface area contributed by atoms with E-state index in [0.29, 0.717) is 16.5 Å². The van der Waals surface area contributed by atoms with E-state index in [1.165, 1.54) is 23.1 Å². The summed E-state index contributed by atoms with van der Waals surface area (Å²) in [6.07, 6.45) is 1.90. The molecule has 0 spiro atoms. The number of furan rings is 1. The van der Waals surface area contributed by atoms with E-state index in [0.717, 1.165) is 9.24 Å². The monoisotopic (exact) mass is 338 g/mol. The van der Waals surface area contributed by atoms with Gasteiger partial charge >= 0.3 is 6.03 Å². The van der Waals surface area contributed by atoms with Gasteiger partial charge in [0.1, 0.15) is 16.5 Å². The summed E-state index contributed by atoms with van der Waals surface area (Å²) < 4.78 is 6.32. The standard InChI is InChI=1S/C13H14N4O3S2/c1-7-4-5-8(20-7)13(2)10(18)17(11(19)14-13)6-9-15-16-12(21-3)22-9/h4-5H,6H2,1-3H3,(H,14,19)/t13-/m0/s1. The van der Waals surface area contributed by atoms with Gasteiger partial charge in [-0.1, -0.05) is 23.1 Å². The predicted octanol–water partition coefficient (Wildman–Crippen LogP) is 2.13. The maximum Gasteiger partial charge on any atom is 0.325 e. The summed E-state index contributed by atoms with van der Waals surface area (Å²) in [7, 11) is 0. The van der Waals surface area contributed by atoms with Crippen molar-refractivity contribution >= 4 is 35.0 Å². The summed E-state index contributed by atoms with van der Waals surface area (Å²) in [4.78, 5) is 26.0. The first-order valence-electron chi connectivity index (χ1n) is 6.51. The molecule has 1 aliphatic rings. The second kappa shape index (κ2) is 5.40. The highest BCUT2D eigenvalue weighted by molar-refractivity contribution is 8.00. The topological polar surface area (TPSA) is 88.3 Å². The Morgan fingerprint density at radius 2 is 2.18 bits per heavy atom. The Labute approximate surface area is 135 Å². The van der Waals surface area contributed by atoms with Crippen LogP contribution in [-0.2, 0) is 16.9 Å². The molecule has 0 unspecified atom stereocenters. The lowest BCUT2D eigenvalue weighted by Crippen LogP contribution is -2.40. The molecular weight excluding hydrogens is 324 g/mol. The van der Waals surface area contributed by atoms with Gasteiger partial charge in [0.15, 0.2) is 9.88 Å². The Morgan fingerprint density at radius 1 is 1.41 bits per heavy atom. The molecule has 3 heterocycles. The number of rotatable bonds is 4. The number of nitrogens with zero attached hydrogens (tertiary/aromatic N) is 3. The quantitative estimate of drug-likeness (QED) is 0.679. The smallest absolute Gasteiger partial charge is 0.325 e. The van der Waals surface area contributed by atoms with Crippen LogP contribution in [0.15, 0.2) is 20.9 Å². The second-order valence-corrected chi connectivity index (χ2v) is 7.14. The molecule has 0 bridgehead atoms. The fraction of sp³-hybridized carbons (Fsp3) is 0.385.